The smallest absolute Gasteiger partial charge is 0.178 e. The molecule has 3 heterocycles. The number of nitrogens with one attached hydrogen (secondary N) is 1. The number of hydrogen-bond acceptors (Lipinski definition) is 5. The van der Waals surface area contributed by atoms with E-state index in [2.05, 4.69) is 25.5 Å². The first kappa shape index (κ1) is 12.3. The topological polar surface area (TPSA) is 73.5 Å². The fourth-order valence-corrected chi connectivity index (χ4v) is 1.94. The summed E-state index contributed by atoms with van der Waals surface area (Å²) in [5, 5.41) is 11.7. The minimum Gasteiger partial charge on any atom is -0.378 e. The first-order valence-electron chi connectivity index (χ1n) is 6.27. The predicted molar refractivity (Wildman–Crippen MR) is 74.4 cm³/mol. The Labute approximate surface area is 116 Å². The van der Waals surface area contributed by atoms with Crippen LogP contribution in [0.5, 0.6) is 0 Å². The molecule has 3 rings (SSSR count). The molecule has 0 bridgehead atoms. The summed E-state index contributed by atoms with van der Waals surface area (Å²) in [7, 11) is 1.93. The van der Waals surface area contributed by atoms with Gasteiger partial charge < -0.3 is 5.32 Å². The van der Waals surface area contributed by atoms with Crippen LogP contribution in [0.4, 0.5) is 5.69 Å². The summed E-state index contributed by atoms with van der Waals surface area (Å²) in [5.41, 5.74) is 3.20. The fraction of sp³-hybridized carbons (Fsp3) is 0.231. The van der Waals surface area contributed by atoms with Gasteiger partial charge in [0, 0.05) is 31.0 Å². The van der Waals surface area contributed by atoms with Crippen LogP contribution in [0.15, 0.2) is 37.2 Å². The van der Waals surface area contributed by atoms with Gasteiger partial charge in [-0.3, -0.25) is 4.68 Å². The number of aromatic nitrogens is 6. The van der Waals surface area contributed by atoms with E-state index in [-0.39, 0.29) is 0 Å². The maximum atomic E-state index is 4.34. The van der Waals surface area contributed by atoms with E-state index >= 15 is 0 Å². The maximum Gasteiger partial charge on any atom is 0.178 e. The average Bonchev–Trinajstić information content (AvgIpc) is 3.10. The Bertz CT molecular complexity index is 699. The molecule has 0 saturated heterocycles. The van der Waals surface area contributed by atoms with Gasteiger partial charge >= 0.3 is 0 Å². The Morgan fingerprint density at radius 1 is 1.30 bits per heavy atom. The number of anilines is 1. The summed E-state index contributed by atoms with van der Waals surface area (Å²) in [4.78, 5) is 8.28. The van der Waals surface area contributed by atoms with Crippen molar-refractivity contribution in [3.05, 3.63) is 48.4 Å². The van der Waals surface area contributed by atoms with Crippen molar-refractivity contribution in [2.45, 2.75) is 13.5 Å². The molecule has 0 aliphatic heterocycles. The zero-order valence-electron chi connectivity index (χ0n) is 11.4. The Morgan fingerprint density at radius 3 is 2.90 bits per heavy atom. The third kappa shape index (κ3) is 2.25. The molecule has 0 spiro atoms. The molecule has 0 fully saturated rings. The molecule has 0 aliphatic rings. The second-order valence-corrected chi connectivity index (χ2v) is 4.45. The second-order valence-electron chi connectivity index (χ2n) is 4.45. The lowest BCUT2D eigenvalue weighted by Crippen LogP contribution is -2.07. The van der Waals surface area contributed by atoms with Gasteiger partial charge in [0.25, 0.3) is 0 Å². The maximum absolute atomic E-state index is 4.34. The molecule has 0 unspecified atom stereocenters. The molecule has 7 nitrogen and oxygen atoms in total. The zero-order chi connectivity index (χ0) is 13.9. The SMILES string of the molecule is Cc1c(CNc2cccnc2-n2cncn2)cnn1C. The van der Waals surface area contributed by atoms with Crippen molar-refractivity contribution in [1.29, 1.82) is 0 Å². The Hall–Kier alpha value is -2.70. The summed E-state index contributed by atoms with van der Waals surface area (Å²) >= 11 is 0. The van der Waals surface area contributed by atoms with Gasteiger partial charge in [-0.1, -0.05) is 0 Å². The van der Waals surface area contributed by atoms with Crippen molar-refractivity contribution in [2.24, 2.45) is 7.05 Å². The van der Waals surface area contributed by atoms with Crippen LogP contribution in [0.1, 0.15) is 11.3 Å². The Morgan fingerprint density at radius 2 is 2.20 bits per heavy atom. The normalized spacial score (nSPS) is 10.7. The summed E-state index contributed by atoms with van der Waals surface area (Å²) < 4.78 is 3.50. The molecule has 3 aromatic rings. The molecule has 0 atom stereocenters. The van der Waals surface area contributed by atoms with Crippen molar-refractivity contribution in [2.75, 3.05) is 5.32 Å². The molecular formula is C13H15N7. The molecule has 7 heteroatoms. The van der Waals surface area contributed by atoms with Gasteiger partial charge in [-0.15, -0.1) is 0 Å². The largest absolute Gasteiger partial charge is 0.378 e. The highest BCUT2D eigenvalue weighted by molar-refractivity contribution is 5.56. The van der Waals surface area contributed by atoms with E-state index in [4.69, 9.17) is 0 Å². The van der Waals surface area contributed by atoms with Crippen LogP contribution in [0.2, 0.25) is 0 Å². The van der Waals surface area contributed by atoms with E-state index < -0.39 is 0 Å². The van der Waals surface area contributed by atoms with Gasteiger partial charge in [0.2, 0.25) is 0 Å². The van der Waals surface area contributed by atoms with E-state index in [1.54, 1.807) is 17.2 Å². The lowest BCUT2D eigenvalue weighted by atomic mass is 10.2. The molecule has 20 heavy (non-hydrogen) atoms. The number of rotatable bonds is 4. The van der Waals surface area contributed by atoms with Gasteiger partial charge in [0.05, 0.1) is 11.9 Å². The summed E-state index contributed by atoms with van der Waals surface area (Å²) in [6, 6.07) is 3.86. The number of nitrogens with zero attached hydrogens (tertiary/aromatic N) is 6. The lowest BCUT2D eigenvalue weighted by molar-refractivity contribution is 0.738. The molecule has 1 N–H and O–H groups in total. The molecule has 0 aromatic carbocycles. The van der Waals surface area contributed by atoms with Crippen LogP contribution < -0.4 is 5.32 Å². The van der Waals surface area contributed by atoms with Crippen molar-refractivity contribution in [1.82, 2.24) is 29.5 Å². The van der Waals surface area contributed by atoms with Crippen LogP contribution in [0.3, 0.4) is 0 Å². The van der Waals surface area contributed by atoms with Crippen molar-refractivity contribution in [3.8, 4) is 5.82 Å². The molecular weight excluding hydrogens is 254 g/mol. The summed E-state index contributed by atoms with van der Waals surface area (Å²) in [6.45, 7) is 2.73. The van der Waals surface area contributed by atoms with Crippen molar-refractivity contribution >= 4 is 5.69 Å². The highest BCUT2D eigenvalue weighted by Gasteiger charge is 2.08. The monoisotopic (exact) mass is 269 g/mol. The molecule has 0 saturated carbocycles. The van der Waals surface area contributed by atoms with Gasteiger partial charge in [0.15, 0.2) is 5.82 Å². The molecule has 102 valence electrons. The van der Waals surface area contributed by atoms with Crippen LogP contribution in [-0.4, -0.2) is 29.5 Å². The number of aryl methyl sites for hydroxylation is 1. The van der Waals surface area contributed by atoms with Crippen molar-refractivity contribution < 1.29 is 0 Å². The quantitative estimate of drug-likeness (QED) is 0.773. The van der Waals surface area contributed by atoms with Crippen LogP contribution >= 0.6 is 0 Å². The predicted octanol–water partition coefficient (Wildman–Crippen LogP) is 1.32. The molecule has 0 amide bonds. The zero-order valence-corrected chi connectivity index (χ0v) is 11.4. The second kappa shape index (κ2) is 5.12. The fourth-order valence-electron chi connectivity index (χ4n) is 1.94. The average molecular weight is 269 g/mol. The third-order valence-corrected chi connectivity index (χ3v) is 3.23. The lowest BCUT2D eigenvalue weighted by Gasteiger charge is -2.10. The highest BCUT2D eigenvalue weighted by Crippen LogP contribution is 2.17. The number of hydrogen-bond donors (Lipinski definition) is 1. The summed E-state index contributed by atoms with van der Waals surface area (Å²) in [5.74, 6) is 0.728. The van der Waals surface area contributed by atoms with Crippen molar-refractivity contribution in [3.63, 3.8) is 0 Å². The third-order valence-electron chi connectivity index (χ3n) is 3.23. The van der Waals surface area contributed by atoms with Gasteiger partial charge in [-0.2, -0.15) is 10.2 Å². The van der Waals surface area contributed by atoms with E-state index in [1.807, 2.05) is 37.0 Å². The minimum absolute atomic E-state index is 0.688. The highest BCUT2D eigenvalue weighted by atomic mass is 15.3. The van der Waals surface area contributed by atoms with Gasteiger partial charge in [0.1, 0.15) is 12.7 Å². The van der Waals surface area contributed by atoms with E-state index in [9.17, 15) is 0 Å². The first-order chi connectivity index (χ1) is 9.75. The van der Waals surface area contributed by atoms with Crippen LogP contribution in [0.25, 0.3) is 5.82 Å². The molecule has 3 aromatic heterocycles. The Balaban J connectivity index is 1.83. The van der Waals surface area contributed by atoms with E-state index in [1.165, 1.54) is 6.33 Å². The van der Waals surface area contributed by atoms with Gasteiger partial charge in [-0.05, 0) is 19.1 Å². The Kier molecular flexibility index (Phi) is 3.16. The van der Waals surface area contributed by atoms with Crippen LogP contribution in [0, 0.1) is 6.92 Å². The minimum atomic E-state index is 0.688. The van der Waals surface area contributed by atoms with Gasteiger partial charge in [-0.25, -0.2) is 14.6 Å². The summed E-state index contributed by atoms with van der Waals surface area (Å²) in [6.07, 6.45) is 6.72. The molecule has 0 radical (unpaired) electrons. The number of pyridine rings is 1. The standard InChI is InChI=1S/C13H15N7/c1-10-11(7-17-19(10)2)6-16-12-4-3-5-15-13(12)20-9-14-8-18-20/h3-5,7-9,16H,6H2,1-2H3. The van der Waals surface area contributed by atoms with E-state index in [0.29, 0.717) is 6.54 Å². The van der Waals surface area contributed by atoms with Crippen LogP contribution in [-0.2, 0) is 13.6 Å². The van der Waals surface area contributed by atoms with E-state index in [0.717, 1.165) is 22.8 Å². The molecule has 0 aliphatic carbocycles. The first-order valence-corrected chi connectivity index (χ1v) is 6.27.